The van der Waals surface area contributed by atoms with Gasteiger partial charge in [0, 0.05) is 6.42 Å². The molecule has 2 unspecified atom stereocenters. The standard InChI is InChI=1S/C19H29NO3/c1-14-10-11-15(2)18(13-14)23-12-6-5-9-19(22)20-16-7-3-4-8-17(16)21/h10-11,13,16-17,21H,3-9,12H2,1-2H3,(H,20,22). The molecule has 1 fully saturated rings. The number of hydrogen-bond acceptors (Lipinski definition) is 3. The molecule has 1 aliphatic rings. The largest absolute Gasteiger partial charge is 0.493 e. The maximum atomic E-state index is 11.9. The van der Waals surface area contributed by atoms with Gasteiger partial charge in [0.15, 0.2) is 0 Å². The number of hydrogen-bond donors (Lipinski definition) is 2. The summed E-state index contributed by atoms with van der Waals surface area (Å²) in [5, 5.41) is 12.8. The number of ether oxygens (including phenoxy) is 1. The molecule has 1 saturated carbocycles. The fourth-order valence-corrected chi connectivity index (χ4v) is 2.99. The number of aliphatic hydroxyl groups excluding tert-OH is 1. The van der Waals surface area contributed by atoms with Crippen LogP contribution in [0.1, 0.15) is 56.1 Å². The summed E-state index contributed by atoms with van der Waals surface area (Å²) in [6.45, 7) is 4.72. The van der Waals surface area contributed by atoms with E-state index in [1.54, 1.807) is 0 Å². The minimum Gasteiger partial charge on any atom is -0.493 e. The van der Waals surface area contributed by atoms with Crippen molar-refractivity contribution in [3.8, 4) is 5.75 Å². The molecule has 0 aliphatic heterocycles. The molecule has 4 heteroatoms. The van der Waals surface area contributed by atoms with Crippen molar-refractivity contribution in [2.75, 3.05) is 6.61 Å². The predicted octanol–water partition coefficient (Wildman–Crippen LogP) is 3.27. The van der Waals surface area contributed by atoms with Crippen LogP contribution in [0.3, 0.4) is 0 Å². The Morgan fingerprint density at radius 3 is 2.83 bits per heavy atom. The summed E-state index contributed by atoms with van der Waals surface area (Å²) in [6, 6.07) is 6.13. The number of carbonyl (C=O) groups excluding carboxylic acids is 1. The molecule has 0 radical (unpaired) electrons. The highest BCUT2D eigenvalue weighted by molar-refractivity contribution is 5.76. The fraction of sp³-hybridized carbons (Fsp3) is 0.632. The first-order valence-corrected chi connectivity index (χ1v) is 8.74. The van der Waals surface area contributed by atoms with Crippen molar-refractivity contribution in [2.24, 2.45) is 0 Å². The summed E-state index contributed by atoms with van der Waals surface area (Å²) in [5.41, 5.74) is 2.33. The van der Waals surface area contributed by atoms with Gasteiger partial charge in [-0.1, -0.05) is 25.0 Å². The first-order chi connectivity index (χ1) is 11.1. The van der Waals surface area contributed by atoms with E-state index in [9.17, 15) is 9.90 Å². The first kappa shape index (κ1) is 17.8. The second-order valence-electron chi connectivity index (χ2n) is 6.60. The summed E-state index contributed by atoms with van der Waals surface area (Å²) in [5.74, 6) is 0.975. The van der Waals surface area contributed by atoms with E-state index in [0.29, 0.717) is 13.0 Å². The van der Waals surface area contributed by atoms with Crippen LogP contribution in [0.5, 0.6) is 5.75 Å². The number of carbonyl (C=O) groups is 1. The topological polar surface area (TPSA) is 58.6 Å². The lowest BCUT2D eigenvalue weighted by atomic mass is 9.92. The molecule has 23 heavy (non-hydrogen) atoms. The van der Waals surface area contributed by atoms with Gasteiger partial charge in [-0.2, -0.15) is 0 Å². The lowest BCUT2D eigenvalue weighted by molar-refractivity contribution is -0.123. The highest BCUT2D eigenvalue weighted by Crippen LogP contribution is 2.20. The average molecular weight is 319 g/mol. The van der Waals surface area contributed by atoms with Crippen LogP contribution in [0, 0.1) is 13.8 Å². The first-order valence-electron chi connectivity index (χ1n) is 8.74. The molecule has 0 aromatic heterocycles. The monoisotopic (exact) mass is 319 g/mol. The third-order valence-corrected chi connectivity index (χ3v) is 4.48. The van der Waals surface area contributed by atoms with Crippen molar-refractivity contribution in [2.45, 2.75) is 70.9 Å². The van der Waals surface area contributed by atoms with Crippen molar-refractivity contribution in [3.05, 3.63) is 29.3 Å². The Hall–Kier alpha value is -1.55. The summed E-state index contributed by atoms with van der Waals surface area (Å²) < 4.78 is 5.79. The molecule has 0 heterocycles. The SMILES string of the molecule is Cc1ccc(C)c(OCCCCC(=O)NC2CCCCC2O)c1. The molecular formula is C19H29NO3. The van der Waals surface area contributed by atoms with Crippen molar-refractivity contribution in [3.63, 3.8) is 0 Å². The predicted molar refractivity (Wildman–Crippen MR) is 91.7 cm³/mol. The molecule has 1 aliphatic carbocycles. The van der Waals surface area contributed by atoms with Crippen LogP contribution in [0.25, 0.3) is 0 Å². The number of unbranched alkanes of at least 4 members (excludes halogenated alkanes) is 1. The van der Waals surface area contributed by atoms with Crippen molar-refractivity contribution >= 4 is 5.91 Å². The Morgan fingerprint density at radius 2 is 2.04 bits per heavy atom. The van der Waals surface area contributed by atoms with E-state index in [4.69, 9.17) is 4.74 Å². The van der Waals surface area contributed by atoms with Gasteiger partial charge in [0.05, 0.1) is 18.8 Å². The Bertz CT molecular complexity index is 515. The van der Waals surface area contributed by atoms with E-state index in [2.05, 4.69) is 24.4 Å². The molecule has 128 valence electrons. The van der Waals surface area contributed by atoms with Crippen molar-refractivity contribution in [1.29, 1.82) is 0 Å². The van der Waals surface area contributed by atoms with E-state index >= 15 is 0 Å². The van der Waals surface area contributed by atoms with E-state index < -0.39 is 0 Å². The van der Waals surface area contributed by atoms with Crippen LogP contribution in [-0.2, 0) is 4.79 Å². The number of benzene rings is 1. The highest BCUT2D eigenvalue weighted by atomic mass is 16.5. The Morgan fingerprint density at radius 1 is 1.26 bits per heavy atom. The zero-order valence-corrected chi connectivity index (χ0v) is 14.3. The quantitative estimate of drug-likeness (QED) is 0.758. The molecule has 0 spiro atoms. The zero-order valence-electron chi connectivity index (χ0n) is 14.3. The second-order valence-corrected chi connectivity index (χ2v) is 6.60. The fourth-order valence-electron chi connectivity index (χ4n) is 2.99. The maximum Gasteiger partial charge on any atom is 0.220 e. The Labute approximate surface area is 139 Å². The number of nitrogens with one attached hydrogen (secondary N) is 1. The van der Waals surface area contributed by atoms with E-state index in [0.717, 1.165) is 49.8 Å². The Kier molecular flexibility index (Phi) is 6.90. The molecule has 1 amide bonds. The van der Waals surface area contributed by atoms with E-state index in [1.807, 2.05) is 13.0 Å². The second kappa shape index (κ2) is 8.92. The lowest BCUT2D eigenvalue weighted by Crippen LogP contribution is -2.45. The number of rotatable bonds is 7. The Balaban J connectivity index is 1.61. The van der Waals surface area contributed by atoms with E-state index in [-0.39, 0.29) is 18.1 Å². The molecule has 1 aromatic carbocycles. The van der Waals surface area contributed by atoms with Crippen LogP contribution in [0.15, 0.2) is 18.2 Å². The van der Waals surface area contributed by atoms with E-state index in [1.165, 1.54) is 5.56 Å². The summed E-state index contributed by atoms with van der Waals surface area (Å²) in [6.07, 6.45) is 5.62. The normalized spacial score (nSPS) is 21.0. The summed E-state index contributed by atoms with van der Waals surface area (Å²) in [4.78, 5) is 11.9. The van der Waals surface area contributed by atoms with Gasteiger partial charge >= 0.3 is 0 Å². The van der Waals surface area contributed by atoms with Gasteiger partial charge in [0.2, 0.25) is 5.91 Å². The van der Waals surface area contributed by atoms with Gasteiger partial charge in [-0.25, -0.2) is 0 Å². The van der Waals surface area contributed by atoms with Gasteiger partial charge < -0.3 is 15.2 Å². The van der Waals surface area contributed by atoms with Crippen LogP contribution in [0.4, 0.5) is 0 Å². The number of aliphatic hydroxyl groups is 1. The maximum absolute atomic E-state index is 11.9. The van der Waals surface area contributed by atoms with Gasteiger partial charge in [0.1, 0.15) is 5.75 Å². The molecule has 0 bridgehead atoms. The third-order valence-electron chi connectivity index (χ3n) is 4.48. The average Bonchev–Trinajstić information content (AvgIpc) is 2.52. The smallest absolute Gasteiger partial charge is 0.220 e. The molecule has 4 nitrogen and oxygen atoms in total. The molecule has 2 N–H and O–H groups in total. The zero-order chi connectivity index (χ0) is 16.7. The molecule has 1 aromatic rings. The summed E-state index contributed by atoms with van der Waals surface area (Å²) >= 11 is 0. The van der Waals surface area contributed by atoms with Gasteiger partial charge in [0.25, 0.3) is 0 Å². The molecule has 0 saturated heterocycles. The number of aryl methyl sites for hydroxylation is 2. The number of amides is 1. The molecule has 2 atom stereocenters. The lowest BCUT2D eigenvalue weighted by Gasteiger charge is -2.28. The highest BCUT2D eigenvalue weighted by Gasteiger charge is 2.23. The minimum atomic E-state index is -0.375. The van der Waals surface area contributed by atoms with Gasteiger partial charge in [-0.15, -0.1) is 0 Å². The van der Waals surface area contributed by atoms with Gasteiger partial charge in [-0.05, 0) is 56.7 Å². The van der Waals surface area contributed by atoms with Crippen molar-refractivity contribution in [1.82, 2.24) is 5.32 Å². The minimum absolute atomic E-state index is 0.0442. The van der Waals surface area contributed by atoms with Crippen LogP contribution in [0.2, 0.25) is 0 Å². The van der Waals surface area contributed by atoms with Crippen LogP contribution >= 0.6 is 0 Å². The van der Waals surface area contributed by atoms with Crippen molar-refractivity contribution < 1.29 is 14.6 Å². The third kappa shape index (κ3) is 5.87. The molecular weight excluding hydrogens is 290 g/mol. The summed E-state index contributed by atoms with van der Waals surface area (Å²) in [7, 11) is 0. The van der Waals surface area contributed by atoms with Gasteiger partial charge in [-0.3, -0.25) is 4.79 Å². The van der Waals surface area contributed by atoms with Crippen LogP contribution in [-0.4, -0.2) is 29.8 Å². The molecule has 2 rings (SSSR count). The van der Waals surface area contributed by atoms with Crippen LogP contribution < -0.4 is 10.1 Å².